The summed E-state index contributed by atoms with van der Waals surface area (Å²) < 4.78 is 65.9. The average Bonchev–Trinajstić information content (AvgIpc) is 3.03. The van der Waals surface area contributed by atoms with Crippen LogP contribution in [0, 0.1) is 0 Å². The van der Waals surface area contributed by atoms with Gasteiger partial charge in [-0.15, -0.1) is 0 Å². The Balaban J connectivity index is 1.90. The number of amides is 1. The molecule has 0 saturated carbocycles. The predicted molar refractivity (Wildman–Crippen MR) is 94.7 cm³/mol. The van der Waals surface area contributed by atoms with Gasteiger partial charge in [-0.3, -0.25) is 9.36 Å². The fourth-order valence-electron chi connectivity index (χ4n) is 2.33. The van der Waals surface area contributed by atoms with E-state index in [-0.39, 0.29) is 15.7 Å². The molecule has 0 bridgehead atoms. The molecule has 0 spiro atoms. The molecule has 1 aromatic heterocycles. The number of sulfonamides is 1. The summed E-state index contributed by atoms with van der Waals surface area (Å²) in [5.41, 5.74) is -1.34. The van der Waals surface area contributed by atoms with Crippen molar-refractivity contribution in [3.05, 3.63) is 77.3 Å². The summed E-state index contributed by atoms with van der Waals surface area (Å²) in [5, 5.41) is -0.333. The monoisotopic (exact) mass is 429 g/mol. The lowest BCUT2D eigenvalue weighted by Crippen LogP contribution is -2.31. The molecule has 0 atom stereocenters. The Bertz CT molecular complexity index is 1130. The van der Waals surface area contributed by atoms with Gasteiger partial charge in [0.15, 0.2) is 5.69 Å². The highest BCUT2D eigenvalue weighted by Gasteiger charge is 2.31. The van der Waals surface area contributed by atoms with Crippen molar-refractivity contribution < 1.29 is 26.4 Å². The van der Waals surface area contributed by atoms with Crippen LogP contribution in [0.4, 0.5) is 13.2 Å². The maximum atomic E-state index is 12.9. The van der Waals surface area contributed by atoms with Gasteiger partial charge in [0.25, 0.3) is 15.9 Å². The number of aromatic nitrogens is 2. The molecule has 0 unspecified atom stereocenters. The zero-order valence-electron chi connectivity index (χ0n) is 13.8. The van der Waals surface area contributed by atoms with Gasteiger partial charge in [0.05, 0.1) is 10.5 Å². The summed E-state index contributed by atoms with van der Waals surface area (Å²) in [6, 6.07) is 11.4. The largest absolute Gasteiger partial charge is 0.416 e. The second-order valence-corrected chi connectivity index (χ2v) is 7.59. The molecular formula is C17H11ClF3N3O3S. The third-order valence-corrected chi connectivity index (χ3v) is 5.36. The van der Waals surface area contributed by atoms with Crippen LogP contribution >= 0.6 is 11.6 Å². The number of imidazole rings is 1. The van der Waals surface area contributed by atoms with Crippen LogP contribution in [0.1, 0.15) is 16.1 Å². The van der Waals surface area contributed by atoms with Crippen LogP contribution in [0.2, 0.25) is 5.15 Å². The van der Waals surface area contributed by atoms with Gasteiger partial charge in [-0.05, 0) is 30.3 Å². The number of carbonyl (C=O) groups excluding carboxylic acids is 1. The molecule has 0 radical (unpaired) electrons. The van der Waals surface area contributed by atoms with Crippen molar-refractivity contribution >= 4 is 27.5 Å². The van der Waals surface area contributed by atoms with Crippen LogP contribution in [0.25, 0.3) is 5.69 Å². The van der Waals surface area contributed by atoms with E-state index < -0.39 is 33.4 Å². The van der Waals surface area contributed by atoms with Gasteiger partial charge >= 0.3 is 6.18 Å². The summed E-state index contributed by atoms with van der Waals surface area (Å²) in [4.78, 5) is 15.9. The summed E-state index contributed by atoms with van der Waals surface area (Å²) in [5.74, 6) is -1.11. The molecule has 1 amide bonds. The highest BCUT2D eigenvalue weighted by molar-refractivity contribution is 7.90. The molecule has 0 aliphatic rings. The Morgan fingerprint density at radius 1 is 1.07 bits per heavy atom. The molecule has 0 aliphatic carbocycles. The van der Waals surface area contributed by atoms with Gasteiger partial charge < -0.3 is 0 Å². The minimum atomic E-state index is -4.56. The smallest absolute Gasteiger partial charge is 0.289 e. The maximum Gasteiger partial charge on any atom is 0.416 e. The highest BCUT2D eigenvalue weighted by atomic mass is 35.5. The van der Waals surface area contributed by atoms with E-state index in [4.69, 9.17) is 11.6 Å². The van der Waals surface area contributed by atoms with Gasteiger partial charge in [0.2, 0.25) is 0 Å². The molecule has 11 heteroatoms. The molecule has 1 heterocycles. The lowest BCUT2D eigenvalue weighted by atomic mass is 10.2. The molecule has 28 heavy (non-hydrogen) atoms. The minimum Gasteiger partial charge on any atom is -0.289 e. The van der Waals surface area contributed by atoms with Crippen molar-refractivity contribution in [2.45, 2.75) is 11.1 Å². The fourth-order valence-corrected chi connectivity index (χ4v) is 3.58. The number of halogens is 4. The van der Waals surface area contributed by atoms with E-state index in [2.05, 4.69) is 4.98 Å². The standard InChI is InChI=1S/C17H11ClF3N3O3S/c18-15-14(16(25)23-28(26,27)13-7-2-1-3-8-13)22-10-24(15)12-6-4-5-11(9-12)17(19,20)21/h1-10H,(H,23,25). The fraction of sp³-hybridized carbons (Fsp3) is 0.0588. The Labute approximate surface area is 162 Å². The van der Waals surface area contributed by atoms with E-state index in [0.29, 0.717) is 0 Å². The second kappa shape index (κ2) is 7.28. The van der Waals surface area contributed by atoms with Crippen molar-refractivity contribution in [2.75, 3.05) is 0 Å². The lowest BCUT2D eigenvalue weighted by Gasteiger charge is -2.10. The molecule has 3 rings (SSSR count). The topological polar surface area (TPSA) is 81.1 Å². The normalized spacial score (nSPS) is 12.0. The molecular weight excluding hydrogens is 419 g/mol. The van der Waals surface area contributed by atoms with Crippen LogP contribution in [0.3, 0.4) is 0 Å². The van der Waals surface area contributed by atoms with Gasteiger partial charge in [-0.25, -0.2) is 18.1 Å². The number of nitrogens with one attached hydrogen (secondary N) is 1. The first-order valence-electron chi connectivity index (χ1n) is 7.62. The highest BCUT2D eigenvalue weighted by Crippen LogP contribution is 2.31. The Morgan fingerprint density at radius 2 is 1.75 bits per heavy atom. The molecule has 6 nitrogen and oxygen atoms in total. The van der Waals surface area contributed by atoms with Crippen molar-refractivity contribution in [3.8, 4) is 5.69 Å². The molecule has 3 aromatic rings. The molecule has 0 fully saturated rings. The first-order valence-corrected chi connectivity index (χ1v) is 9.48. The van der Waals surface area contributed by atoms with Crippen molar-refractivity contribution in [2.24, 2.45) is 0 Å². The summed E-state index contributed by atoms with van der Waals surface area (Å²) in [7, 11) is -4.16. The number of carbonyl (C=O) groups is 1. The van der Waals surface area contributed by atoms with Crippen molar-refractivity contribution in [1.82, 2.24) is 14.3 Å². The predicted octanol–water partition coefficient (Wildman–Crippen LogP) is 3.66. The van der Waals surface area contributed by atoms with E-state index in [1.807, 2.05) is 4.72 Å². The molecule has 0 saturated heterocycles. The van der Waals surface area contributed by atoms with Crippen LogP contribution in [-0.2, 0) is 16.2 Å². The van der Waals surface area contributed by atoms with E-state index in [0.717, 1.165) is 23.0 Å². The zero-order valence-corrected chi connectivity index (χ0v) is 15.4. The van der Waals surface area contributed by atoms with Crippen molar-refractivity contribution in [3.63, 3.8) is 0 Å². The summed E-state index contributed by atoms with van der Waals surface area (Å²) in [6.07, 6.45) is -3.53. The zero-order chi connectivity index (χ0) is 20.5. The first-order chi connectivity index (χ1) is 13.1. The van der Waals surface area contributed by atoms with Gasteiger partial charge in [0, 0.05) is 5.69 Å². The summed E-state index contributed by atoms with van der Waals surface area (Å²) in [6.45, 7) is 0. The van der Waals surface area contributed by atoms with Gasteiger partial charge in [-0.1, -0.05) is 35.9 Å². The third kappa shape index (κ3) is 4.02. The van der Waals surface area contributed by atoms with Gasteiger partial charge in [0.1, 0.15) is 11.5 Å². The summed E-state index contributed by atoms with van der Waals surface area (Å²) >= 11 is 6.06. The van der Waals surface area contributed by atoms with Crippen LogP contribution in [0.15, 0.2) is 65.8 Å². The first kappa shape index (κ1) is 19.9. The number of alkyl halides is 3. The number of rotatable bonds is 4. The Morgan fingerprint density at radius 3 is 2.39 bits per heavy atom. The van der Waals surface area contributed by atoms with E-state index in [1.165, 1.54) is 36.4 Å². The minimum absolute atomic E-state index is 0.0114. The maximum absolute atomic E-state index is 12.9. The number of benzene rings is 2. The molecule has 0 aliphatic heterocycles. The van der Waals surface area contributed by atoms with Crippen LogP contribution < -0.4 is 4.72 Å². The van der Waals surface area contributed by atoms with E-state index in [9.17, 15) is 26.4 Å². The number of nitrogens with zero attached hydrogens (tertiary/aromatic N) is 2. The molecule has 2 aromatic carbocycles. The van der Waals surface area contributed by atoms with E-state index in [1.54, 1.807) is 6.07 Å². The van der Waals surface area contributed by atoms with E-state index >= 15 is 0 Å². The van der Waals surface area contributed by atoms with Crippen molar-refractivity contribution in [1.29, 1.82) is 0 Å². The lowest BCUT2D eigenvalue weighted by molar-refractivity contribution is -0.137. The Kier molecular flexibility index (Phi) is 5.18. The quantitative estimate of drug-likeness (QED) is 0.686. The molecule has 146 valence electrons. The Hall–Kier alpha value is -2.85. The number of hydrogen-bond donors (Lipinski definition) is 1. The number of hydrogen-bond acceptors (Lipinski definition) is 4. The molecule has 1 N–H and O–H groups in total. The second-order valence-electron chi connectivity index (χ2n) is 5.55. The van der Waals surface area contributed by atoms with Crippen LogP contribution in [-0.4, -0.2) is 23.9 Å². The SMILES string of the molecule is O=C(NS(=O)(=O)c1ccccc1)c1ncn(-c2cccc(C(F)(F)F)c2)c1Cl. The third-order valence-electron chi connectivity index (χ3n) is 3.66. The van der Waals surface area contributed by atoms with Gasteiger partial charge in [-0.2, -0.15) is 13.2 Å². The average molecular weight is 430 g/mol. The van der Waals surface area contributed by atoms with Crippen LogP contribution in [0.5, 0.6) is 0 Å².